The maximum Gasteiger partial charge on any atom is 0.516 e. The van der Waals surface area contributed by atoms with Crippen molar-refractivity contribution in [1.82, 2.24) is 0 Å². The predicted octanol–water partition coefficient (Wildman–Crippen LogP) is 2.39. The van der Waals surface area contributed by atoms with Gasteiger partial charge in [-0.1, -0.05) is 0 Å². The fourth-order valence-electron chi connectivity index (χ4n) is 2.14. The Bertz CT molecular complexity index is 441. The van der Waals surface area contributed by atoms with Gasteiger partial charge in [0, 0.05) is 14.2 Å². The highest BCUT2D eigenvalue weighted by Gasteiger charge is 2.35. The van der Waals surface area contributed by atoms with Crippen LogP contribution in [-0.4, -0.2) is 119 Å². The molecular formula is C19H41O11P2+. The van der Waals surface area contributed by atoms with Gasteiger partial charge in [-0.25, -0.2) is 0 Å². The van der Waals surface area contributed by atoms with Crippen LogP contribution >= 0.6 is 15.2 Å². The molecule has 0 aromatic carbocycles. The summed E-state index contributed by atoms with van der Waals surface area (Å²) < 4.78 is 72.2. The van der Waals surface area contributed by atoms with E-state index in [0.29, 0.717) is 66.1 Å². The second-order valence-electron chi connectivity index (χ2n) is 6.46. The van der Waals surface area contributed by atoms with Crippen LogP contribution in [0.4, 0.5) is 0 Å². The Hall–Kier alpha value is -0.0300. The van der Waals surface area contributed by atoms with E-state index in [1.54, 1.807) is 21.1 Å². The summed E-state index contributed by atoms with van der Waals surface area (Å²) in [4.78, 5) is 0. The second kappa shape index (κ2) is 24.1. The highest BCUT2D eigenvalue weighted by molar-refractivity contribution is 7.72. The first-order valence-electron chi connectivity index (χ1n) is 10.7. The van der Waals surface area contributed by atoms with Gasteiger partial charge in [-0.05, 0) is 11.5 Å². The van der Waals surface area contributed by atoms with Gasteiger partial charge in [-0.15, -0.1) is 4.52 Å². The van der Waals surface area contributed by atoms with Crippen molar-refractivity contribution in [2.45, 2.75) is 6.92 Å². The van der Waals surface area contributed by atoms with Crippen LogP contribution in [0.3, 0.4) is 0 Å². The molecule has 0 aromatic heterocycles. The number of hydrogen-bond donors (Lipinski definition) is 0. The van der Waals surface area contributed by atoms with Gasteiger partial charge in [0.25, 0.3) is 0 Å². The topological polar surface area (TPSA) is 117 Å². The molecule has 0 aliphatic rings. The van der Waals surface area contributed by atoms with Crippen molar-refractivity contribution in [3.63, 3.8) is 0 Å². The smallest absolute Gasteiger partial charge is 0.382 e. The van der Waals surface area contributed by atoms with E-state index in [-0.39, 0.29) is 38.4 Å². The summed E-state index contributed by atoms with van der Waals surface area (Å²) in [5, 5.41) is 0. The Morgan fingerprint density at radius 1 is 0.594 bits per heavy atom. The molecule has 0 N–H and O–H groups in total. The molecule has 0 saturated heterocycles. The SMILES string of the molecule is CCO[P+](=O)CP(=O)(COCCOCCOCCOC)COCCOCCOCCOC. The van der Waals surface area contributed by atoms with Crippen LogP contribution in [0.15, 0.2) is 0 Å². The summed E-state index contributed by atoms with van der Waals surface area (Å²) in [5.74, 6) is -0.0848. The number of rotatable bonds is 26. The monoisotopic (exact) mass is 507 g/mol. The third-order valence-corrected chi connectivity index (χ3v) is 8.49. The van der Waals surface area contributed by atoms with Crippen molar-refractivity contribution >= 4 is 15.2 Å². The third kappa shape index (κ3) is 21.8. The molecule has 0 aliphatic carbocycles. The van der Waals surface area contributed by atoms with Crippen molar-refractivity contribution in [3.8, 4) is 0 Å². The molecule has 32 heavy (non-hydrogen) atoms. The second-order valence-corrected chi connectivity index (χ2v) is 11.1. The summed E-state index contributed by atoms with van der Waals surface area (Å²) in [6, 6.07) is 0. The fraction of sp³-hybridized carbons (Fsp3) is 1.00. The predicted molar refractivity (Wildman–Crippen MR) is 120 cm³/mol. The van der Waals surface area contributed by atoms with E-state index in [1.165, 1.54) is 0 Å². The minimum absolute atomic E-state index is 0.0525. The van der Waals surface area contributed by atoms with E-state index >= 15 is 0 Å². The van der Waals surface area contributed by atoms with Gasteiger partial charge in [0.2, 0.25) is 5.90 Å². The van der Waals surface area contributed by atoms with E-state index in [0.717, 1.165) is 0 Å². The van der Waals surface area contributed by atoms with Crippen LogP contribution in [0.2, 0.25) is 0 Å². The van der Waals surface area contributed by atoms with E-state index < -0.39 is 15.2 Å². The summed E-state index contributed by atoms with van der Waals surface area (Å²) in [5.41, 5.74) is 0. The quantitative estimate of drug-likeness (QED) is 0.127. The van der Waals surface area contributed by atoms with Crippen molar-refractivity contribution in [1.29, 1.82) is 0 Å². The number of hydrogen-bond acceptors (Lipinski definition) is 11. The van der Waals surface area contributed by atoms with Gasteiger partial charge in [-0.3, -0.25) is 0 Å². The van der Waals surface area contributed by atoms with E-state index in [4.69, 9.17) is 42.4 Å². The van der Waals surface area contributed by atoms with Crippen LogP contribution in [0.5, 0.6) is 0 Å². The van der Waals surface area contributed by atoms with Gasteiger partial charge in [-0.2, -0.15) is 0 Å². The lowest BCUT2D eigenvalue weighted by Crippen LogP contribution is -2.14. The Balaban J connectivity index is 3.99. The van der Waals surface area contributed by atoms with Crippen LogP contribution < -0.4 is 0 Å². The van der Waals surface area contributed by atoms with Crippen LogP contribution in [0, 0.1) is 0 Å². The highest BCUT2D eigenvalue weighted by Crippen LogP contribution is 2.52. The molecule has 0 rings (SSSR count). The Morgan fingerprint density at radius 2 is 0.938 bits per heavy atom. The van der Waals surface area contributed by atoms with Gasteiger partial charge >= 0.3 is 8.03 Å². The number of methoxy groups -OCH3 is 2. The van der Waals surface area contributed by atoms with Gasteiger partial charge in [0.15, 0.2) is 7.14 Å². The molecule has 11 nitrogen and oxygen atoms in total. The Labute approximate surface area is 192 Å². The maximum atomic E-state index is 13.1. The molecule has 1 unspecified atom stereocenters. The lowest BCUT2D eigenvalue weighted by atomic mass is 10.7. The van der Waals surface area contributed by atoms with Crippen molar-refractivity contribution in [3.05, 3.63) is 0 Å². The average Bonchev–Trinajstić information content (AvgIpc) is 2.76. The average molecular weight is 507 g/mol. The zero-order valence-electron chi connectivity index (χ0n) is 19.7. The molecule has 0 amide bonds. The normalized spacial score (nSPS) is 12.4. The lowest BCUT2D eigenvalue weighted by molar-refractivity contribution is 0.00631. The molecule has 13 heteroatoms. The summed E-state index contributed by atoms with van der Waals surface area (Å²) in [6.07, 6.45) is -0.105. The molecule has 0 radical (unpaired) electrons. The van der Waals surface area contributed by atoms with Gasteiger partial charge < -0.3 is 42.5 Å². The van der Waals surface area contributed by atoms with E-state index in [2.05, 4.69) is 0 Å². The Morgan fingerprint density at radius 3 is 1.28 bits per heavy atom. The van der Waals surface area contributed by atoms with E-state index in [1.807, 2.05) is 0 Å². The van der Waals surface area contributed by atoms with Gasteiger partial charge in [0.05, 0.1) is 85.9 Å². The minimum atomic E-state index is -2.99. The zero-order chi connectivity index (χ0) is 23.8. The first-order valence-corrected chi connectivity index (χ1v) is 14.3. The van der Waals surface area contributed by atoms with Gasteiger partial charge in [0.1, 0.15) is 12.7 Å². The molecule has 0 spiro atoms. The van der Waals surface area contributed by atoms with Crippen LogP contribution in [0.1, 0.15) is 6.92 Å². The number of ether oxygens (including phenoxy) is 8. The summed E-state index contributed by atoms with van der Waals surface area (Å²) >= 11 is 0. The summed E-state index contributed by atoms with van der Waals surface area (Å²) in [6.45, 7) is 7.14. The largest absolute Gasteiger partial charge is 0.516 e. The van der Waals surface area contributed by atoms with Crippen molar-refractivity contribution < 1.29 is 51.5 Å². The molecule has 0 bridgehead atoms. The molecule has 0 saturated carbocycles. The van der Waals surface area contributed by atoms with E-state index in [9.17, 15) is 9.13 Å². The maximum absolute atomic E-state index is 13.1. The lowest BCUT2D eigenvalue weighted by Gasteiger charge is -2.15. The molecule has 0 aliphatic heterocycles. The molecule has 192 valence electrons. The van der Waals surface area contributed by atoms with Crippen molar-refractivity contribution in [2.24, 2.45) is 0 Å². The highest BCUT2D eigenvalue weighted by atomic mass is 31.2. The fourth-order valence-corrected chi connectivity index (χ4v) is 6.09. The zero-order valence-corrected chi connectivity index (χ0v) is 21.5. The minimum Gasteiger partial charge on any atom is -0.382 e. The molecular weight excluding hydrogens is 466 g/mol. The molecule has 0 fully saturated rings. The molecule has 0 heterocycles. The Kier molecular flexibility index (Phi) is 24.1. The van der Waals surface area contributed by atoms with Crippen molar-refractivity contribution in [2.75, 3.05) is 119 Å². The first kappa shape index (κ1) is 32.0. The first-order chi connectivity index (χ1) is 15.6. The standard InChI is InChI=1S/C19H41O11P2/c1-4-30-31(20)19-32(21,17-28-15-13-26-11-9-24-7-5-22-2)18-29-16-14-27-12-10-25-8-6-23-3/h4-19H2,1-3H3/q+1. The summed E-state index contributed by atoms with van der Waals surface area (Å²) in [7, 11) is -1.80. The van der Waals surface area contributed by atoms with Crippen LogP contribution in [0.25, 0.3) is 0 Å². The third-order valence-electron chi connectivity index (χ3n) is 3.65. The molecule has 0 aromatic rings. The van der Waals surface area contributed by atoms with Crippen LogP contribution in [-0.2, 0) is 51.5 Å². The molecule has 1 atom stereocenters.